The Labute approximate surface area is 259 Å². The molecule has 0 amide bonds. The van der Waals surface area contributed by atoms with Crippen molar-refractivity contribution in [2.45, 2.75) is 57.7 Å². The van der Waals surface area contributed by atoms with E-state index in [1.54, 1.807) is 30.3 Å². The Bertz CT molecular complexity index is 1410. The van der Waals surface area contributed by atoms with Crippen LogP contribution in [0.4, 0.5) is 0 Å². The van der Waals surface area contributed by atoms with Gasteiger partial charge in [0.25, 0.3) is 0 Å². The number of hydrogen-bond donors (Lipinski definition) is 6. The van der Waals surface area contributed by atoms with Crippen LogP contribution < -0.4 is 5.32 Å². The predicted molar refractivity (Wildman–Crippen MR) is 173 cm³/mol. The second kappa shape index (κ2) is 19.4. The zero-order valence-corrected chi connectivity index (χ0v) is 25.2. The van der Waals surface area contributed by atoms with Crippen LogP contribution in [0.3, 0.4) is 0 Å². The molecule has 44 heavy (non-hydrogen) atoms. The van der Waals surface area contributed by atoms with Crippen LogP contribution in [-0.4, -0.2) is 57.8 Å². The highest BCUT2D eigenvalue weighted by atomic mass is 16.5. The van der Waals surface area contributed by atoms with Crippen LogP contribution in [0.1, 0.15) is 71.7 Å². The summed E-state index contributed by atoms with van der Waals surface area (Å²) < 4.78 is 5.72. The number of carboxylic acids is 1. The van der Waals surface area contributed by atoms with Gasteiger partial charge in [-0.3, -0.25) is 0 Å². The van der Waals surface area contributed by atoms with E-state index in [0.29, 0.717) is 23.1 Å². The van der Waals surface area contributed by atoms with Crippen molar-refractivity contribution in [3.63, 3.8) is 0 Å². The average Bonchev–Trinajstić information content (AvgIpc) is 3.04. The zero-order chi connectivity index (χ0) is 31.6. The number of hydrogen-bond acceptors (Lipinski definition) is 7. The van der Waals surface area contributed by atoms with Crippen LogP contribution in [0.25, 0.3) is 10.8 Å². The molecule has 0 saturated carbocycles. The summed E-state index contributed by atoms with van der Waals surface area (Å²) in [7, 11) is 0. The van der Waals surface area contributed by atoms with Crippen LogP contribution >= 0.6 is 0 Å². The highest BCUT2D eigenvalue weighted by molar-refractivity contribution is 6.00. The molecule has 8 heteroatoms. The lowest BCUT2D eigenvalue weighted by Crippen LogP contribution is -2.22. The highest BCUT2D eigenvalue weighted by Gasteiger charge is 2.12. The van der Waals surface area contributed by atoms with Crippen LogP contribution in [0.5, 0.6) is 11.5 Å². The summed E-state index contributed by atoms with van der Waals surface area (Å²) in [5.41, 5.74) is 2.47. The van der Waals surface area contributed by atoms with Gasteiger partial charge < -0.3 is 35.6 Å². The number of fused-ring (bicyclic) bond motifs is 1. The second-order valence-corrected chi connectivity index (χ2v) is 10.7. The Balaban J connectivity index is 0.000000312. The first kappa shape index (κ1) is 34.5. The fourth-order valence-electron chi connectivity index (χ4n) is 4.81. The van der Waals surface area contributed by atoms with Crippen molar-refractivity contribution in [2.24, 2.45) is 0 Å². The van der Waals surface area contributed by atoms with Gasteiger partial charge in [0, 0.05) is 30.7 Å². The number of aliphatic hydroxyl groups excluding tert-OH is 2. The summed E-state index contributed by atoms with van der Waals surface area (Å²) in [6.07, 6.45) is 7.24. The number of carboxylic acid groups (broad SMARTS) is 1. The topological polar surface area (TPSA) is 139 Å². The van der Waals surface area contributed by atoms with Crippen molar-refractivity contribution in [1.29, 1.82) is 0 Å². The van der Waals surface area contributed by atoms with E-state index < -0.39 is 12.1 Å². The molecule has 0 bridgehead atoms. The highest BCUT2D eigenvalue weighted by Crippen LogP contribution is 2.28. The number of aromatic hydroxyl groups is 2. The molecule has 8 nitrogen and oxygen atoms in total. The third-order valence-electron chi connectivity index (χ3n) is 7.37. The van der Waals surface area contributed by atoms with Gasteiger partial charge in [0.2, 0.25) is 0 Å². The molecular weight excluding hydrogens is 564 g/mol. The van der Waals surface area contributed by atoms with Gasteiger partial charge in [-0.05, 0) is 73.4 Å². The van der Waals surface area contributed by atoms with Crippen molar-refractivity contribution in [2.75, 3.05) is 26.3 Å². The second-order valence-electron chi connectivity index (χ2n) is 10.7. The Morgan fingerprint density at radius 3 is 2.25 bits per heavy atom. The van der Waals surface area contributed by atoms with Crippen LogP contribution in [0.15, 0.2) is 84.9 Å². The lowest BCUT2D eigenvalue weighted by Gasteiger charge is -2.14. The van der Waals surface area contributed by atoms with Gasteiger partial charge in [-0.15, -0.1) is 0 Å². The van der Waals surface area contributed by atoms with Crippen molar-refractivity contribution < 1.29 is 35.1 Å². The van der Waals surface area contributed by atoms with Crippen LogP contribution in [0, 0.1) is 0 Å². The molecule has 4 rings (SSSR count). The molecule has 0 spiro atoms. The Morgan fingerprint density at radius 1 is 0.795 bits per heavy atom. The minimum absolute atomic E-state index is 0.0533. The van der Waals surface area contributed by atoms with Gasteiger partial charge in [-0.25, -0.2) is 4.79 Å². The predicted octanol–water partition coefficient (Wildman–Crippen LogP) is 6.35. The molecule has 0 fully saturated rings. The molecule has 4 aromatic rings. The molecule has 0 aliphatic rings. The molecule has 6 N–H and O–H groups in total. The normalized spacial score (nSPS) is 11.6. The molecule has 1 atom stereocenters. The van der Waals surface area contributed by atoms with Crippen molar-refractivity contribution >= 4 is 16.7 Å². The summed E-state index contributed by atoms with van der Waals surface area (Å²) in [4.78, 5) is 10.7. The summed E-state index contributed by atoms with van der Waals surface area (Å²) in [5, 5.41) is 52.1. The average molecular weight is 610 g/mol. The first-order valence-corrected chi connectivity index (χ1v) is 15.3. The number of nitrogens with one attached hydrogen (secondary N) is 1. The van der Waals surface area contributed by atoms with E-state index in [9.17, 15) is 25.2 Å². The first-order valence-electron chi connectivity index (χ1n) is 15.3. The molecule has 0 radical (unpaired) electrons. The quantitative estimate of drug-likeness (QED) is 0.0762. The van der Waals surface area contributed by atoms with E-state index in [1.165, 1.54) is 24.1 Å². The number of unbranched alkanes of at least 4 members (excludes halogenated alkanes) is 4. The van der Waals surface area contributed by atoms with Gasteiger partial charge in [-0.2, -0.15) is 0 Å². The number of benzene rings is 4. The van der Waals surface area contributed by atoms with E-state index in [2.05, 4.69) is 35.6 Å². The lowest BCUT2D eigenvalue weighted by atomic mass is 10.1. The Kier molecular flexibility index (Phi) is 15.2. The van der Waals surface area contributed by atoms with Crippen molar-refractivity contribution in [3.8, 4) is 11.5 Å². The third-order valence-corrected chi connectivity index (χ3v) is 7.37. The molecule has 0 aliphatic carbocycles. The van der Waals surface area contributed by atoms with Gasteiger partial charge >= 0.3 is 5.97 Å². The molecule has 0 aliphatic heterocycles. The number of aryl methyl sites for hydroxylation is 1. The summed E-state index contributed by atoms with van der Waals surface area (Å²) in [6, 6.07) is 25.6. The van der Waals surface area contributed by atoms with Gasteiger partial charge in [0.15, 0.2) is 0 Å². The largest absolute Gasteiger partial charge is 0.508 e. The van der Waals surface area contributed by atoms with E-state index in [1.807, 2.05) is 12.1 Å². The fourth-order valence-corrected chi connectivity index (χ4v) is 4.81. The smallest absolute Gasteiger partial charge is 0.339 e. The number of ether oxygens (including phenoxy) is 1. The number of phenols is 2. The van der Waals surface area contributed by atoms with Crippen LogP contribution in [0.2, 0.25) is 0 Å². The standard InChI is InChI=1S/C25H37NO4.C11H8O3/c27-20-23-18-22(13-14-24(23)28)25(29)19-26-15-7-1-2-8-16-30-17-9-6-12-21-10-4-3-5-11-21;12-10-8-4-2-1-3-7(8)5-6-9(10)11(13)14/h3-5,10-11,13-14,18,25-29H,1-2,6-9,12,15-17,19-20H2;1-6,12H,(H,13,14)/i3+1,4+1,5+1,10+1,11+1,21+1;. The Hall–Kier alpha value is -3.95. The lowest BCUT2D eigenvalue weighted by molar-refractivity contribution is 0.0694. The summed E-state index contributed by atoms with van der Waals surface area (Å²) >= 11 is 0. The fraction of sp³-hybridized carbons (Fsp3) is 0.361. The van der Waals surface area contributed by atoms with Crippen LogP contribution in [-0.2, 0) is 17.8 Å². The number of carbonyl (C=O) groups is 1. The Morgan fingerprint density at radius 2 is 1.50 bits per heavy atom. The first-order chi connectivity index (χ1) is 21.4. The van der Waals surface area contributed by atoms with Gasteiger partial charge in [0.05, 0.1) is 12.7 Å². The number of aliphatic hydroxyl groups is 2. The monoisotopic (exact) mass is 609 g/mol. The van der Waals surface area contributed by atoms with Gasteiger partial charge in [-0.1, -0.05) is 79.6 Å². The maximum atomic E-state index is 10.7. The van der Waals surface area contributed by atoms with Crippen molar-refractivity contribution in [1.82, 2.24) is 5.32 Å². The summed E-state index contributed by atoms with van der Waals surface area (Å²) in [6.45, 7) is 2.77. The third kappa shape index (κ3) is 11.6. The minimum Gasteiger partial charge on any atom is -0.508 e. The van der Waals surface area contributed by atoms with Crippen molar-refractivity contribution in [3.05, 3.63) is 107 Å². The molecule has 0 saturated heterocycles. The zero-order valence-electron chi connectivity index (χ0n) is 25.2. The molecule has 236 valence electrons. The maximum Gasteiger partial charge on any atom is 0.339 e. The number of aromatic carboxylic acids is 1. The molecule has 0 heterocycles. The minimum atomic E-state index is -1.12. The van der Waals surface area contributed by atoms with E-state index in [0.717, 1.165) is 63.7 Å². The van der Waals surface area contributed by atoms with E-state index in [-0.39, 0.29) is 23.7 Å². The molecule has 1 unspecified atom stereocenters. The maximum absolute atomic E-state index is 10.7. The molecule has 0 aromatic heterocycles. The van der Waals surface area contributed by atoms with E-state index in [4.69, 9.17) is 9.84 Å². The summed E-state index contributed by atoms with van der Waals surface area (Å²) in [5.74, 6) is -1.23. The van der Waals surface area contributed by atoms with Gasteiger partial charge in [0.1, 0.15) is 17.1 Å². The van der Waals surface area contributed by atoms with E-state index >= 15 is 0 Å². The molecule has 4 aromatic carbocycles. The number of rotatable bonds is 17. The SMILES string of the molecule is O=C(O)c1ccc2ccccc2c1O.OCc1cc(C(O)CNCCCCCCOCCCC[13c]2[13cH][13cH][13cH][13cH][13cH]2)ccc1O. The molecular formula is C36H45NO7.